The Morgan fingerprint density at radius 1 is 1.22 bits per heavy atom. The maximum absolute atomic E-state index is 13.1. The fraction of sp³-hybridized carbons (Fsp3) is 0.538. The Labute approximate surface area is 214 Å². The van der Waals surface area contributed by atoms with Crippen molar-refractivity contribution in [2.24, 2.45) is 17.8 Å². The van der Waals surface area contributed by atoms with Gasteiger partial charge in [0.15, 0.2) is 0 Å². The second kappa shape index (κ2) is 11.8. The normalized spacial score (nSPS) is 21.2. The molecular formula is C26H32ClF3N4O2. The Hall–Kier alpha value is -2.36. The zero-order chi connectivity index (χ0) is 25.7. The number of piperidine rings is 1. The highest BCUT2D eigenvalue weighted by Gasteiger charge is 2.43. The van der Waals surface area contributed by atoms with Crippen LogP contribution in [0.5, 0.6) is 0 Å². The molecule has 4 rings (SSSR count). The van der Waals surface area contributed by atoms with Crippen LogP contribution in [0.4, 0.5) is 24.7 Å². The highest BCUT2D eigenvalue weighted by atomic mass is 35.5. The number of amides is 1. The molecule has 2 saturated heterocycles. The Balaban J connectivity index is 1.51. The van der Waals surface area contributed by atoms with Gasteiger partial charge in [0.05, 0.1) is 16.9 Å². The third kappa shape index (κ3) is 6.49. The molecule has 1 aromatic carbocycles. The van der Waals surface area contributed by atoms with Gasteiger partial charge in [-0.1, -0.05) is 30.7 Å². The molecule has 36 heavy (non-hydrogen) atoms. The number of ether oxygens (including phenoxy) is 1. The number of hydrogen-bond donors (Lipinski definition) is 3. The van der Waals surface area contributed by atoms with E-state index in [0.717, 1.165) is 55.8 Å². The van der Waals surface area contributed by atoms with Gasteiger partial charge in [-0.15, -0.1) is 0 Å². The molecule has 1 aromatic heterocycles. The summed E-state index contributed by atoms with van der Waals surface area (Å²) in [7, 11) is 0. The van der Waals surface area contributed by atoms with Gasteiger partial charge in [0.25, 0.3) is 0 Å². The number of pyridine rings is 1. The number of anilines is 2. The van der Waals surface area contributed by atoms with Crippen LogP contribution in [0.2, 0.25) is 5.02 Å². The maximum Gasteiger partial charge on any atom is 0.393 e. The molecular weight excluding hydrogens is 493 g/mol. The number of nitrogens with zero attached hydrogens (tertiary/aromatic N) is 1. The SMILES string of the molecule is CCc1c(NCC2CCOCC2)cccc1-c1cc(NC(=O)C2CNCC(C(F)(F)F)C2)ncc1Cl. The van der Waals surface area contributed by atoms with Crippen LogP contribution in [0, 0.1) is 17.8 Å². The summed E-state index contributed by atoms with van der Waals surface area (Å²) in [6.45, 7) is 4.54. The number of alkyl halides is 3. The summed E-state index contributed by atoms with van der Waals surface area (Å²) >= 11 is 6.52. The molecule has 2 atom stereocenters. The van der Waals surface area contributed by atoms with Crippen molar-refractivity contribution < 1.29 is 22.7 Å². The van der Waals surface area contributed by atoms with Gasteiger partial charge in [-0.05, 0) is 54.9 Å². The monoisotopic (exact) mass is 524 g/mol. The Bertz CT molecular complexity index is 1060. The van der Waals surface area contributed by atoms with E-state index in [0.29, 0.717) is 16.5 Å². The molecule has 1 amide bonds. The second-order valence-corrected chi connectivity index (χ2v) is 9.90. The van der Waals surface area contributed by atoms with Crippen LogP contribution in [0.3, 0.4) is 0 Å². The van der Waals surface area contributed by atoms with Crippen LogP contribution in [0.25, 0.3) is 11.1 Å². The van der Waals surface area contributed by atoms with Gasteiger partial charge >= 0.3 is 6.18 Å². The van der Waals surface area contributed by atoms with Crippen molar-refractivity contribution >= 4 is 29.0 Å². The molecule has 196 valence electrons. The quantitative estimate of drug-likeness (QED) is 0.444. The van der Waals surface area contributed by atoms with Crippen molar-refractivity contribution in [3.63, 3.8) is 0 Å². The minimum atomic E-state index is -4.34. The first-order chi connectivity index (χ1) is 17.3. The Morgan fingerprint density at radius 3 is 2.72 bits per heavy atom. The molecule has 2 unspecified atom stereocenters. The van der Waals surface area contributed by atoms with Crippen molar-refractivity contribution in [2.75, 3.05) is 43.5 Å². The molecule has 2 aromatic rings. The van der Waals surface area contributed by atoms with Gasteiger partial charge < -0.3 is 20.7 Å². The summed E-state index contributed by atoms with van der Waals surface area (Å²) in [5.74, 6) is -2.00. The van der Waals surface area contributed by atoms with Gasteiger partial charge in [0.2, 0.25) is 5.91 Å². The number of carbonyl (C=O) groups excluding carboxylic acids is 1. The van der Waals surface area contributed by atoms with Gasteiger partial charge in [0, 0.05) is 50.3 Å². The van der Waals surface area contributed by atoms with E-state index in [1.165, 1.54) is 6.20 Å². The van der Waals surface area contributed by atoms with E-state index in [4.69, 9.17) is 16.3 Å². The van der Waals surface area contributed by atoms with Crippen molar-refractivity contribution in [3.8, 4) is 11.1 Å². The molecule has 2 aliphatic heterocycles. The van der Waals surface area contributed by atoms with E-state index < -0.39 is 23.9 Å². The summed E-state index contributed by atoms with van der Waals surface area (Å²) in [4.78, 5) is 17.0. The largest absolute Gasteiger partial charge is 0.393 e. The summed E-state index contributed by atoms with van der Waals surface area (Å²) < 4.78 is 44.9. The van der Waals surface area contributed by atoms with Gasteiger partial charge in [-0.2, -0.15) is 13.2 Å². The van der Waals surface area contributed by atoms with Crippen molar-refractivity contribution in [3.05, 3.63) is 41.0 Å². The van der Waals surface area contributed by atoms with Crippen LogP contribution < -0.4 is 16.0 Å². The van der Waals surface area contributed by atoms with Crippen LogP contribution in [0.15, 0.2) is 30.5 Å². The molecule has 2 fully saturated rings. The minimum Gasteiger partial charge on any atom is -0.385 e. The highest BCUT2D eigenvalue weighted by Crippen LogP contribution is 2.36. The fourth-order valence-corrected chi connectivity index (χ4v) is 5.13. The van der Waals surface area contributed by atoms with Gasteiger partial charge in [-0.3, -0.25) is 4.79 Å². The first-order valence-corrected chi connectivity index (χ1v) is 12.8. The fourth-order valence-electron chi connectivity index (χ4n) is 4.92. The summed E-state index contributed by atoms with van der Waals surface area (Å²) in [5, 5.41) is 9.44. The molecule has 10 heteroatoms. The molecule has 6 nitrogen and oxygen atoms in total. The average molecular weight is 525 g/mol. The van der Waals surface area contributed by atoms with Crippen molar-refractivity contribution in [1.29, 1.82) is 0 Å². The zero-order valence-electron chi connectivity index (χ0n) is 20.3. The molecule has 0 bridgehead atoms. The third-order valence-corrected chi connectivity index (χ3v) is 7.33. The molecule has 0 radical (unpaired) electrons. The molecule has 2 aliphatic rings. The summed E-state index contributed by atoms with van der Waals surface area (Å²) in [6.07, 6.45) is -0.284. The molecule has 0 saturated carbocycles. The predicted molar refractivity (Wildman–Crippen MR) is 135 cm³/mol. The Kier molecular flexibility index (Phi) is 8.74. The third-order valence-electron chi connectivity index (χ3n) is 7.03. The van der Waals surface area contributed by atoms with Gasteiger partial charge in [-0.25, -0.2) is 4.98 Å². The second-order valence-electron chi connectivity index (χ2n) is 9.49. The number of aromatic nitrogens is 1. The lowest BCUT2D eigenvalue weighted by molar-refractivity contribution is -0.181. The van der Waals surface area contributed by atoms with Crippen LogP contribution in [0.1, 0.15) is 31.7 Å². The average Bonchev–Trinajstić information content (AvgIpc) is 2.88. The van der Waals surface area contributed by atoms with Crippen molar-refractivity contribution in [1.82, 2.24) is 10.3 Å². The molecule has 0 spiro atoms. The first kappa shape index (κ1) is 26.7. The lowest BCUT2D eigenvalue weighted by Gasteiger charge is -2.30. The van der Waals surface area contributed by atoms with E-state index in [-0.39, 0.29) is 25.3 Å². The maximum atomic E-state index is 13.1. The van der Waals surface area contributed by atoms with E-state index >= 15 is 0 Å². The lowest BCUT2D eigenvalue weighted by atomic mass is 9.89. The van der Waals surface area contributed by atoms with Crippen molar-refractivity contribution in [2.45, 2.75) is 38.8 Å². The standard InChI is InChI=1S/C26H32ClF3N4O2/c1-2-19-20(4-3-5-23(19)32-12-16-6-8-36-9-7-16)21-11-24(33-15-22(21)27)34-25(35)17-10-18(14-31-13-17)26(28,29)30/h3-5,11,15-18,31-32H,2,6-10,12-14H2,1H3,(H,33,34,35). The van der Waals surface area contributed by atoms with E-state index in [2.05, 4.69) is 27.9 Å². The number of rotatable bonds is 7. The number of halogens is 4. The number of hydrogen-bond acceptors (Lipinski definition) is 5. The number of carbonyl (C=O) groups is 1. The highest BCUT2D eigenvalue weighted by molar-refractivity contribution is 6.33. The van der Waals surface area contributed by atoms with Gasteiger partial charge in [0.1, 0.15) is 5.82 Å². The zero-order valence-corrected chi connectivity index (χ0v) is 21.0. The predicted octanol–water partition coefficient (Wildman–Crippen LogP) is 5.53. The van der Waals surface area contributed by atoms with Crippen LogP contribution in [-0.2, 0) is 16.0 Å². The molecule has 0 aliphatic carbocycles. The number of benzene rings is 1. The first-order valence-electron chi connectivity index (χ1n) is 12.4. The minimum absolute atomic E-state index is 0.171. The Morgan fingerprint density at radius 2 is 2.00 bits per heavy atom. The molecule has 3 N–H and O–H groups in total. The topological polar surface area (TPSA) is 75.3 Å². The van der Waals surface area contributed by atoms with E-state index in [1.54, 1.807) is 6.07 Å². The smallest absolute Gasteiger partial charge is 0.385 e. The summed E-state index contributed by atoms with van der Waals surface area (Å²) in [5.41, 5.74) is 3.77. The van der Waals surface area contributed by atoms with Crippen LogP contribution in [-0.4, -0.2) is 49.9 Å². The van der Waals surface area contributed by atoms with E-state index in [1.807, 2.05) is 18.2 Å². The lowest BCUT2D eigenvalue weighted by Crippen LogP contribution is -2.46. The summed E-state index contributed by atoms with van der Waals surface area (Å²) in [6, 6.07) is 7.67. The van der Waals surface area contributed by atoms with Crippen LogP contribution >= 0.6 is 11.6 Å². The molecule has 3 heterocycles. The number of nitrogens with one attached hydrogen (secondary N) is 3. The van der Waals surface area contributed by atoms with E-state index in [9.17, 15) is 18.0 Å².